The number of carbonyl (C=O) groups excluding carboxylic acids is 2. The van der Waals surface area contributed by atoms with E-state index in [2.05, 4.69) is 38.2 Å². The second-order valence-corrected chi connectivity index (χ2v) is 10.2. The molecule has 2 amide bonds. The van der Waals surface area contributed by atoms with Crippen molar-refractivity contribution in [1.29, 1.82) is 0 Å². The third kappa shape index (κ3) is 4.62. The number of hydrogen-bond acceptors (Lipinski definition) is 6. The van der Waals surface area contributed by atoms with Gasteiger partial charge in [0.15, 0.2) is 0 Å². The van der Waals surface area contributed by atoms with Crippen molar-refractivity contribution < 1.29 is 9.59 Å². The number of fused-ring (bicyclic) bond motifs is 1. The number of carbonyl (C=O) groups is 2. The topological polar surface area (TPSA) is 55.9 Å². The Balaban J connectivity index is 1.22. The number of amides is 2. The van der Waals surface area contributed by atoms with Gasteiger partial charge >= 0.3 is 0 Å². The maximum atomic E-state index is 12.4. The van der Waals surface area contributed by atoms with Gasteiger partial charge < -0.3 is 4.90 Å². The fourth-order valence-electron chi connectivity index (χ4n) is 5.07. The van der Waals surface area contributed by atoms with Gasteiger partial charge in [-0.2, -0.15) is 12.6 Å². The Morgan fingerprint density at radius 1 is 1.03 bits per heavy atom. The first-order valence-corrected chi connectivity index (χ1v) is 12.5. The fraction of sp³-hybridized carbons (Fsp3) is 0.417. The minimum atomic E-state index is -0.314. The van der Waals surface area contributed by atoms with E-state index in [1.807, 2.05) is 18.2 Å². The number of para-hydroxylation sites is 1. The van der Waals surface area contributed by atoms with E-state index in [0.717, 1.165) is 44.0 Å². The van der Waals surface area contributed by atoms with Gasteiger partial charge in [-0.05, 0) is 35.2 Å². The van der Waals surface area contributed by atoms with Gasteiger partial charge in [-0.25, -0.2) is 0 Å². The number of nitrogens with one attached hydrogen (secondary N) is 1. The van der Waals surface area contributed by atoms with Crippen LogP contribution in [0.5, 0.6) is 0 Å². The smallest absolute Gasteiger partial charge is 0.243 e. The van der Waals surface area contributed by atoms with Crippen LogP contribution in [0.4, 0.5) is 5.69 Å². The number of piperidine rings is 1. The molecule has 0 radical (unpaired) electrons. The number of anilines is 1. The molecule has 2 fully saturated rings. The van der Waals surface area contributed by atoms with Crippen LogP contribution in [0.15, 0.2) is 36.4 Å². The van der Waals surface area contributed by atoms with Crippen molar-refractivity contribution >= 4 is 53.3 Å². The van der Waals surface area contributed by atoms with Crippen molar-refractivity contribution in [2.45, 2.75) is 37.3 Å². The molecule has 0 saturated carbocycles. The first kappa shape index (κ1) is 23.0. The summed E-state index contributed by atoms with van der Waals surface area (Å²) in [7, 11) is 0. The molecule has 1 N–H and O–H groups in total. The number of benzene rings is 2. The maximum Gasteiger partial charge on any atom is 0.243 e. The quantitative estimate of drug-likeness (QED) is 0.488. The average Bonchev–Trinajstić information content (AvgIpc) is 3.10. The molecule has 3 aliphatic heterocycles. The Kier molecular flexibility index (Phi) is 6.60. The summed E-state index contributed by atoms with van der Waals surface area (Å²) < 4.78 is 0. The molecule has 33 heavy (non-hydrogen) atoms. The predicted octanol–water partition coefficient (Wildman–Crippen LogP) is 3.86. The van der Waals surface area contributed by atoms with E-state index < -0.39 is 0 Å². The molecule has 6 nitrogen and oxygen atoms in total. The van der Waals surface area contributed by atoms with Crippen LogP contribution in [0, 0.1) is 0 Å². The third-order valence-electron chi connectivity index (χ3n) is 6.80. The van der Waals surface area contributed by atoms with Crippen LogP contribution in [0.1, 0.15) is 34.9 Å². The van der Waals surface area contributed by atoms with Crippen LogP contribution in [0.25, 0.3) is 0 Å². The zero-order valence-electron chi connectivity index (χ0n) is 18.1. The predicted molar refractivity (Wildman–Crippen MR) is 134 cm³/mol. The van der Waals surface area contributed by atoms with Crippen molar-refractivity contribution in [3.05, 3.63) is 63.1 Å². The van der Waals surface area contributed by atoms with E-state index >= 15 is 0 Å². The van der Waals surface area contributed by atoms with Crippen LogP contribution in [-0.2, 0) is 22.7 Å². The third-order valence-corrected chi connectivity index (χ3v) is 7.98. The van der Waals surface area contributed by atoms with E-state index in [1.165, 1.54) is 11.1 Å². The van der Waals surface area contributed by atoms with Gasteiger partial charge in [-0.15, -0.1) is 0 Å². The second kappa shape index (κ2) is 9.47. The van der Waals surface area contributed by atoms with E-state index in [-0.39, 0.29) is 23.2 Å². The number of piperazine rings is 1. The SMILES string of the molecule is O=C1CCC(N2Cc3cc(CN4CCN(c5c(Cl)cccc5Cl)CC4)ccc3C2S)C(=O)N1. The molecule has 3 aliphatic rings. The lowest BCUT2D eigenvalue weighted by Gasteiger charge is -2.37. The molecule has 2 unspecified atom stereocenters. The summed E-state index contributed by atoms with van der Waals surface area (Å²) in [5.41, 5.74) is 4.53. The Bertz CT molecular complexity index is 1070. The van der Waals surface area contributed by atoms with Crippen molar-refractivity contribution in [3.63, 3.8) is 0 Å². The number of hydrogen-bond donors (Lipinski definition) is 2. The number of thiol groups is 1. The number of imide groups is 1. The summed E-state index contributed by atoms with van der Waals surface area (Å²) >= 11 is 17.6. The van der Waals surface area contributed by atoms with Gasteiger partial charge in [0.1, 0.15) is 0 Å². The Morgan fingerprint density at radius 3 is 2.45 bits per heavy atom. The zero-order chi connectivity index (χ0) is 23.1. The first-order valence-electron chi connectivity index (χ1n) is 11.2. The summed E-state index contributed by atoms with van der Waals surface area (Å²) in [6.07, 6.45) is 0.919. The van der Waals surface area contributed by atoms with Gasteiger partial charge in [0.25, 0.3) is 0 Å². The van der Waals surface area contributed by atoms with Gasteiger partial charge in [0, 0.05) is 45.7 Å². The lowest BCUT2D eigenvalue weighted by Crippen LogP contribution is -2.51. The van der Waals surface area contributed by atoms with Crippen LogP contribution in [-0.4, -0.2) is 53.8 Å². The molecule has 174 valence electrons. The lowest BCUT2D eigenvalue weighted by molar-refractivity contribution is -0.137. The Labute approximate surface area is 209 Å². The highest BCUT2D eigenvalue weighted by Gasteiger charge is 2.39. The van der Waals surface area contributed by atoms with Crippen molar-refractivity contribution in [1.82, 2.24) is 15.1 Å². The second-order valence-electron chi connectivity index (χ2n) is 8.88. The summed E-state index contributed by atoms with van der Waals surface area (Å²) in [6.45, 7) is 5.13. The lowest BCUT2D eigenvalue weighted by atomic mass is 10.0. The largest absolute Gasteiger partial charge is 0.367 e. The van der Waals surface area contributed by atoms with Crippen LogP contribution < -0.4 is 10.2 Å². The molecule has 2 aromatic rings. The molecule has 9 heteroatoms. The van der Waals surface area contributed by atoms with Crippen LogP contribution in [0.3, 0.4) is 0 Å². The maximum absolute atomic E-state index is 12.4. The molecular weight excluding hydrogens is 479 g/mol. The van der Waals surface area contributed by atoms with Gasteiger partial charge in [0.05, 0.1) is 27.1 Å². The highest BCUT2D eigenvalue weighted by molar-refractivity contribution is 7.80. The summed E-state index contributed by atoms with van der Waals surface area (Å²) in [5, 5.41) is 3.71. The summed E-state index contributed by atoms with van der Waals surface area (Å²) in [5.74, 6) is -0.405. The highest BCUT2D eigenvalue weighted by Crippen LogP contribution is 2.40. The van der Waals surface area contributed by atoms with E-state index in [1.54, 1.807) is 0 Å². The first-order chi connectivity index (χ1) is 15.9. The Morgan fingerprint density at radius 2 is 1.76 bits per heavy atom. The average molecular weight is 505 g/mol. The van der Waals surface area contributed by atoms with E-state index in [0.29, 0.717) is 29.4 Å². The van der Waals surface area contributed by atoms with Crippen molar-refractivity contribution in [2.24, 2.45) is 0 Å². The monoisotopic (exact) mass is 504 g/mol. The molecule has 2 atom stereocenters. The normalized spacial score (nSPS) is 24.2. The van der Waals surface area contributed by atoms with Gasteiger partial charge in [0.2, 0.25) is 11.8 Å². The molecule has 0 bridgehead atoms. The summed E-state index contributed by atoms with van der Waals surface area (Å²) in [4.78, 5) is 30.7. The van der Waals surface area contributed by atoms with Crippen LogP contribution >= 0.6 is 35.8 Å². The number of halogens is 2. The van der Waals surface area contributed by atoms with Crippen molar-refractivity contribution in [2.75, 3.05) is 31.1 Å². The van der Waals surface area contributed by atoms with E-state index in [4.69, 9.17) is 35.8 Å². The summed E-state index contributed by atoms with van der Waals surface area (Å²) in [6, 6.07) is 11.8. The van der Waals surface area contributed by atoms with Crippen LogP contribution in [0.2, 0.25) is 10.0 Å². The standard InChI is InChI=1S/C24H26Cl2N4O2S/c25-18-2-1-3-19(26)22(18)29-10-8-28(9-11-29)13-15-4-5-17-16(12-15)14-30(24(17)33)20-6-7-21(31)27-23(20)32/h1-5,12,20,24,33H,6-11,13-14H2,(H,27,31,32). The Hall–Kier alpha value is -1.77. The molecule has 2 aromatic carbocycles. The number of nitrogens with zero attached hydrogens (tertiary/aromatic N) is 3. The molecule has 0 spiro atoms. The molecule has 0 aromatic heterocycles. The van der Waals surface area contributed by atoms with Gasteiger partial charge in [-0.1, -0.05) is 47.5 Å². The molecule has 3 heterocycles. The highest BCUT2D eigenvalue weighted by atomic mass is 35.5. The number of rotatable bonds is 4. The van der Waals surface area contributed by atoms with E-state index in [9.17, 15) is 9.59 Å². The molecule has 5 rings (SSSR count). The minimum Gasteiger partial charge on any atom is -0.367 e. The minimum absolute atomic E-state index is 0.137. The molecule has 2 saturated heterocycles. The van der Waals surface area contributed by atoms with Crippen molar-refractivity contribution in [3.8, 4) is 0 Å². The fourth-order valence-corrected chi connectivity index (χ4v) is 6.20. The molecule has 0 aliphatic carbocycles. The zero-order valence-corrected chi connectivity index (χ0v) is 20.5. The van der Waals surface area contributed by atoms with Gasteiger partial charge in [-0.3, -0.25) is 24.7 Å². The molecular formula is C24H26Cl2N4O2S.